The maximum atomic E-state index is 13.0. The second kappa shape index (κ2) is 8.23. The van der Waals surface area contributed by atoms with Gasteiger partial charge >= 0.3 is 0 Å². The second-order valence-corrected chi connectivity index (χ2v) is 7.91. The molecular formula is C19H27N3O2S. The van der Waals surface area contributed by atoms with Gasteiger partial charge in [-0.05, 0) is 12.0 Å². The maximum Gasteiger partial charge on any atom is 0.246 e. The van der Waals surface area contributed by atoms with E-state index < -0.39 is 0 Å². The summed E-state index contributed by atoms with van der Waals surface area (Å²) in [5.74, 6) is 1.65. The summed E-state index contributed by atoms with van der Waals surface area (Å²) in [7, 11) is 0. The topological polar surface area (TPSA) is 66.6 Å². The molecule has 2 amide bonds. The quantitative estimate of drug-likeness (QED) is 0.871. The predicted molar refractivity (Wildman–Crippen MR) is 101 cm³/mol. The van der Waals surface area contributed by atoms with Crippen molar-refractivity contribution in [1.29, 1.82) is 0 Å². The first-order valence-corrected chi connectivity index (χ1v) is 10.2. The number of amides is 2. The van der Waals surface area contributed by atoms with E-state index in [2.05, 4.69) is 19.1 Å². The lowest BCUT2D eigenvalue weighted by molar-refractivity contribution is -0.142. The molecule has 2 heterocycles. The lowest BCUT2D eigenvalue weighted by atomic mass is 9.95. The predicted octanol–water partition coefficient (Wildman–Crippen LogP) is 2.03. The number of thioether (sulfide) groups is 1. The molecule has 1 aromatic carbocycles. The number of rotatable bonds is 5. The molecule has 3 rings (SSSR count). The highest BCUT2D eigenvalue weighted by atomic mass is 32.2. The third-order valence-electron chi connectivity index (χ3n) is 5.14. The average Bonchev–Trinajstić information content (AvgIpc) is 3.26. The van der Waals surface area contributed by atoms with Gasteiger partial charge in [0.05, 0.1) is 5.88 Å². The largest absolute Gasteiger partial charge is 0.339 e. The van der Waals surface area contributed by atoms with Gasteiger partial charge in [0.15, 0.2) is 0 Å². The summed E-state index contributed by atoms with van der Waals surface area (Å²) < 4.78 is 0. The Kier molecular flexibility index (Phi) is 6.02. The summed E-state index contributed by atoms with van der Waals surface area (Å²) in [6, 6.07) is 9.78. The van der Waals surface area contributed by atoms with Crippen LogP contribution in [0.4, 0.5) is 0 Å². The van der Waals surface area contributed by atoms with Crippen LogP contribution in [-0.2, 0) is 9.59 Å². The molecule has 0 saturated carbocycles. The van der Waals surface area contributed by atoms with Crippen molar-refractivity contribution in [3.63, 3.8) is 0 Å². The van der Waals surface area contributed by atoms with Crippen molar-refractivity contribution < 1.29 is 9.59 Å². The monoisotopic (exact) mass is 361 g/mol. The Labute approximate surface area is 153 Å². The van der Waals surface area contributed by atoms with Crippen molar-refractivity contribution in [2.45, 2.75) is 44.2 Å². The minimum Gasteiger partial charge on any atom is -0.339 e. The average molecular weight is 362 g/mol. The highest BCUT2D eigenvalue weighted by Gasteiger charge is 2.41. The molecule has 5 nitrogen and oxygen atoms in total. The molecule has 0 radical (unpaired) electrons. The molecule has 0 spiro atoms. The van der Waals surface area contributed by atoms with Gasteiger partial charge in [0, 0.05) is 37.2 Å². The normalized spacial score (nSPS) is 26.2. The molecule has 0 bridgehead atoms. The SMILES string of the molecule is CCCCC(=O)N1CSCC1C(=O)N1C[C@@H](N)[C@H](c2ccccc2)C1. The number of nitrogens with two attached hydrogens (primary N) is 1. The van der Waals surface area contributed by atoms with E-state index in [-0.39, 0.29) is 29.8 Å². The van der Waals surface area contributed by atoms with Gasteiger partial charge < -0.3 is 15.5 Å². The van der Waals surface area contributed by atoms with Gasteiger partial charge in [-0.25, -0.2) is 0 Å². The fourth-order valence-corrected chi connectivity index (χ4v) is 4.81. The van der Waals surface area contributed by atoms with Gasteiger partial charge in [-0.15, -0.1) is 11.8 Å². The first kappa shape index (κ1) is 18.3. The molecular weight excluding hydrogens is 334 g/mol. The Bertz CT molecular complexity index is 610. The van der Waals surface area contributed by atoms with E-state index in [1.807, 2.05) is 23.1 Å². The van der Waals surface area contributed by atoms with Crippen molar-refractivity contribution in [3.8, 4) is 0 Å². The van der Waals surface area contributed by atoms with Crippen LogP contribution in [0, 0.1) is 0 Å². The van der Waals surface area contributed by atoms with E-state index in [4.69, 9.17) is 5.73 Å². The number of benzene rings is 1. The third kappa shape index (κ3) is 4.01. The second-order valence-electron chi connectivity index (χ2n) is 6.91. The molecule has 2 saturated heterocycles. The molecule has 3 atom stereocenters. The van der Waals surface area contributed by atoms with Crippen LogP contribution >= 0.6 is 11.8 Å². The minimum absolute atomic E-state index is 0.0513. The van der Waals surface area contributed by atoms with Gasteiger partial charge in [-0.3, -0.25) is 9.59 Å². The molecule has 1 unspecified atom stereocenters. The van der Waals surface area contributed by atoms with Crippen molar-refractivity contribution in [3.05, 3.63) is 35.9 Å². The Hall–Kier alpha value is -1.53. The Morgan fingerprint density at radius 1 is 1.24 bits per heavy atom. The summed E-state index contributed by atoms with van der Waals surface area (Å²) in [6.45, 7) is 3.28. The third-order valence-corrected chi connectivity index (χ3v) is 6.15. The van der Waals surface area contributed by atoms with Gasteiger partial charge in [-0.2, -0.15) is 0 Å². The zero-order valence-corrected chi connectivity index (χ0v) is 15.6. The van der Waals surface area contributed by atoms with E-state index in [0.717, 1.165) is 12.8 Å². The maximum absolute atomic E-state index is 13.0. The van der Waals surface area contributed by atoms with Crippen molar-refractivity contribution in [1.82, 2.24) is 9.80 Å². The molecule has 136 valence electrons. The van der Waals surface area contributed by atoms with E-state index >= 15 is 0 Å². The van der Waals surface area contributed by atoms with Crippen LogP contribution in [0.25, 0.3) is 0 Å². The molecule has 2 fully saturated rings. The Morgan fingerprint density at radius 2 is 2.00 bits per heavy atom. The zero-order chi connectivity index (χ0) is 17.8. The van der Waals surface area contributed by atoms with E-state index in [0.29, 0.717) is 31.1 Å². The Morgan fingerprint density at radius 3 is 2.72 bits per heavy atom. The molecule has 2 aliphatic heterocycles. The number of likely N-dealkylation sites (tertiary alicyclic amines) is 1. The van der Waals surface area contributed by atoms with Gasteiger partial charge in [0.1, 0.15) is 6.04 Å². The number of hydrogen-bond donors (Lipinski definition) is 1. The minimum atomic E-state index is -0.323. The molecule has 0 aromatic heterocycles. The molecule has 1 aromatic rings. The van der Waals surface area contributed by atoms with Crippen LogP contribution < -0.4 is 5.73 Å². The first-order valence-electron chi connectivity index (χ1n) is 9.08. The van der Waals surface area contributed by atoms with Gasteiger partial charge in [0.2, 0.25) is 11.8 Å². The Balaban J connectivity index is 1.65. The van der Waals surface area contributed by atoms with Crippen LogP contribution in [0.5, 0.6) is 0 Å². The van der Waals surface area contributed by atoms with Crippen molar-refractivity contribution in [2.75, 3.05) is 24.7 Å². The van der Waals surface area contributed by atoms with Crippen LogP contribution in [0.2, 0.25) is 0 Å². The molecule has 2 N–H and O–H groups in total. The summed E-state index contributed by atoms with van der Waals surface area (Å²) in [5.41, 5.74) is 7.50. The molecule has 25 heavy (non-hydrogen) atoms. The highest BCUT2D eigenvalue weighted by molar-refractivity contribution is 7.99. The number of carbonyl (C=O) groups is 2. The zero-order valence-electron chi connectivity index (χ0n) is 14.8. The molecule has 6 heteroatoms. The number of carbonyl (C=O) groups excluding carboxylic acids is 2. The van der Waals surface area contributed by atoms with Crippen LogP contribution in [0.3, 0.4) is 0 Å². The summed E-state index contributed by atoms with van der Waals surface area (Å²) in [4.78, 5) is 29.1. The fraction of sp³-hybridized carbons (Fsp3) is 0.579. The van der Waals surface area contributed by atoms with Crippen molar-refractivity contribution >= 4 is 23.6 Å². The summed E-state index contributed by atoms with van der Waals surface area (Å²) >= 11 is 1.66. The highest BCUT2D eigenvalue weighted by Crippen LogP contribution is 2.30. The smallest absolute Gasteiger partial charge is 0.246 e. The summed E-state index contributed by atoms with van der Waals surface area (Å²) in [5, 5.41) is 0. The number of nitrogens with zero attached hydrogens (tertiary/aromatic N) is 2. The lowest BCUT2D eigenvalue weighted by Gasteiger charge is -2.27. The summed E-state index contributed by atoms with van der Waals surface area (Å²) in [6.07, 6.45) is 2.41. The van der Waals surface area contributed by atoms with E-state index in [1.165, 1.54) is 5.56 Å². The van der Waals surface area contributed by atoms with E-state index in [9.17, 15) is 9.59 Å². The van der Waals surface area contributed by atoms with Crippen LogP contribution in [0.15, 0.2) is 30.3 Å². The lowest BCUT2D eigenvalue weighted by Crippen LogP contribution is -2.48. The molecule has 2 aliphatic rings. The van der Waals surface area contributed by atoms with E-state index in [1.54, 1.807) is 16.7 Å². The van der Waals surface area contributed by atoms with Gasteiger partial charge in [0.25, 0.3) is 0 Å². The van der Waals surface area contributed by atoms with Gasteiger partial charge in [-0.1, -0.05) is 43.7 Å². The number of hydrogen-bond acceptors (Lipinski definition) is 4. The first-order chi connectivity index (χ1) is 12.1. The number of unbranched alkanes of at least 4 members (excludes halogenated alkanes) is 1. The van der Waals surface area contributed by atoms with Crippen LogP contribution in [0.1, 0.15) is 37.7 Å². The fourth-order valence-electron chi connectivity index (χ4n) is 3.64. The van der Waals surface area contributed by atoms with Crippen LogP contribution in [-0.4, -0.2) is 58.4 Å². The van der Waals surface area contributed by atoms with Crippen molar-refractivity contribution in [2.24, 2.45) is 5.73 Å². The molecule has 0 aliphatic carbocycles. The standard InChI is InChI=1S/C19H27N3O2S/c1-2-3-9-18(23)22-13-25-12-17(22)19(24)21-10-15(16(20)11-21)14-7-5-4-6-8-14/h4-8,15-17H,2-3,9-13,20H2,1H3/t15-,16+,17?/m0/s1.